The lowest BCUT2D eigenvalue weighted by Gasteiger charge is -2.08. The molecule has 3 nitrogen and oxygen atoms in total. The Bertz CT molecular complexity index is 936. The van der Waals surface area contributed by atoms with Crippen LogP contribution in [0.5, 0.6) is 5.75 Å². The molecular weight excluding hydrogens is 543 g/mol. The molecule has 3 aliphatic rings. The molecule has 31 heavy (non-hydrogen) atoms. The molecule has 0 aliphatic carbocycles. The fraction of sp³-hybridized carbons (Fsp3) is 0.350. The quantitative estimate of drug-likeness (QED) is 0.316. The summed E-state index contributed by atoms with van der Waals surface area (Å²) >= 11 is 15.5. The van der Waals surface area contributed by atoms with Crippen LogP contribution in [0.25, 0.3) is 0 Å². The van der Waals surface area contributed by atoms with Gasteiger partial charge in [0.25, 0.3) is 0 Å². The van der Waals surface area contributed by atoms with Crippen LogP contribution in [0.2, 0.25) is 0 Å². The standard InChI is InChI=1S/C20H21NO2S8/c1-24-15-16(29-19(28-15)20-30-17-18(31-20)27-10-9-26-17)25-8-5-12-3-2-4-13(14(12)23)11-21-6-7-22/h2-4,11,22-23H,5-10H2,1H3. The molecule has 1 aromatic rings. The van der Waals surface area contributed by atoms with Crippen LogP contribution in [0, 0.1) is 0 Å². The van der Waals surface area contributed by atoms with E-state index in [1.54, 1.807) is 6.21 Å². The van der Waals surface area contributed by atoms with Crippen molar-refractivity contribution in [3.63, 3.8) is 0 Å². The lowest BCUT2D eigenvalue weighted by Crippen LogP contribution is -1.94. The predicted octanol–water partition coefficient (Wildman–Crippen LogP) is 7.26. The molecule has 3 aliphatic heterocycles. The molecule has 1 aromatic carbocycles. The first-order chi connectivity index (χ1) is 15.2. The van der Waals surface area contributed by atoms with Gasteiger partial charge in [-0.15, -0.1) is 47.0 Å². The van der Waals surface area contributed by atoms with Gasteiger partial charge in [-0.2, -0.15) is 0 Å². The summed E-state index contributed by atoms with van der Waals surface area (Å²) in [6.07, 6.45) is 4.59. The fourth-order valence-electron chi connectivity index (χ4n) is 2.76. The number of para-hydroxylation sites is 1. The van der Waals surface area contributed by atoms with Gasteiger partial charge in [0.2, 0.25) is 0 Å². The van der Waals surface area contributed by atoms with E-state index in [0.717, 1.165) is 17.7 Å². The molecule has 0 spiro atoms. The average Bonchev–Trinajstić information content (AvgIpc) is 3.40. The third-order valence-electron chi connectivity index (χ3n) is 4.19. The van der Waals surface area contributed by atoms with E-state index in [4.69, 9.17) is 5.11 Å². The first-order valence-corrected chi connectivity index (χ1v) is 16.9. The minimum absolute atomic E-state index is 0.0156. The number of aliphatic hydroxyl groups is 1. The van der Waals surface area contributed by atoms with Crippen molar-refractivity contribution >= 4 is 100 Å². The maximum atomic E-state index is 10.6. The monoisotopic (exact) mass is 563 g/mol. The number of nitrogens with zero attached hydrogens (tertiary/aromatic N) is 1. The van der Waals surface area contributed by atoms with Crippen molar-refractivity contribution in [2.24, 2.45) is 4.99 Å². The van der Waals surface area contributed by atoms with Gasteiger partial charge in [-0.3, -0.25) is 4.99 Å². The van der Waals surface area contributed by atoms with Gasteiger partial charge in [-0.1, -0.05) is 59.2 Å². The van der Waals surface area contributed by atoms with Crippen LogP contribution >= 0.6 is 94.1 Å². The smallest absolute Gasteiger partial charge is 0.127 e. The van der Waals surface area contributed by atoms with E-state index < -0.39 is 0 Å². The largest absolute Gasteiger partial charge is 0.507 e. The minimum Gasteiger partial charge on any atom is -0.507 e. The molecule has 0 bridgehead atoms. The number of phenols is 1. The average molecular weight is 564 g/mol. The van der Waals surface area contributed by atoms with Crippen LogP contribution in [0.3, 0.4) is 0 Å². The Kier molecular flexibility index (Phi) is 9.91. The summed E-state index contributed by atoms with van der Waals surface area (Å²) < 4.78 is 8.62. The third-order valence-corrected chi connectivity index (χ3v) is 15.9. The van der Waals surface area contributed by atoms with Gasteiger partial charge in [0.1, 0.15) is 5.75 Å². The Morgan fingerprint density at radius 1 is 1.00 bits per heavy atom. The van der Waals surface area contributed by atoms with E-state index >= 15 is 0 Å². The van der Waals surface area contributed by atoms with Crippen molar-refractivity contribution in [3.05, 3.63) is 54.7 Å². The van der Waals surface area contributed by atoms with Crippen molar-refractivity contribution < 1.29 is 10.2 Å². The SMILES string of the molecule is CSC1=C(SCCc2cccc(C=NCCO)c2O)SC(=C2SC3=C(SCCS3)S2)S1. The highest BCUT2D eigenvalue weighted by Crippen LogP contribution is 2.66. The second-order valence-corrected chi connectivity index (χ2v) is 16.0. The molecule has 0 radical (unpaired) electrons. The van der Waals surface area contributed by atoms with E-state index in [-0.39, 0.29) is 6.61 Å². The molecule has 166 valence electrons. The summed E-state index contributed by atoms with van der Waals surface area (Å²) in [6.45, 7) is 0.367. The van der Waals surface area contributed by atoms with E-state index in [9.17, 15) is 5.11 Å². The second-order valence-electron chi connectivity index (χ2n) is 6.25. The summed E-state index contributed by atoms with van der Waals surface area (Å²) in [5.74, 6) is 3.65. The van der Waals surface area contributed by atoms with Crippen LogP contribution in [0.15, 0.2) is 48.6 Å². The molecule has 0 unspecified atom stereocenters. The number of hydrogen-bond acceptors (Lipinski definition) is 11. The number of phenolic OH excluding ortho intramolecular Hbond substituents is 1. The van der Waals surface area contributed by atoms with Crippen LogP contribution in [0.4, 0.5) is 0 Å². The summed E-state index contributed by atoms with van der Waals surface area (Å²) in [7, 11) is 0. The number of thioether (sulfide) groups is 8. The molecular formula is C20H21NO2S8. The molecule has 0 atom stereocenters. The fourth-order valence-corrected chi connectivity index (χ4v) is 14.5. The normalized spacial score (nSPS) is 19.3. The minimum atomic E-state index is 0.0156. The van der Waals surface area contributed by atoms with Gasteiger partial charge in [-0.25, -0.2) is 0 Å². The highest BCUT2D eigenvalue weighted by Gasteiger charge is 2.31. The highest BCUT2D eigenvalue weighted by atomic mass is 32.3. The zero-order valence-electron chi connectivity index (χ0n) is 16.7. The Hall–Kier alpha value is 0.670. The molecule has 2 N–H and O–H groups in total. The highest BCUT2D eigenvalue weighted by molar-refractivity contribution is 8.45. The molecule has 0 saturated carbocycles. The van der Waals surface area contributed by atoms with Gasteiger partial charge >= 0.3 is 0 Å². The number of aryl methyl sites for hydroxylation is 1. The van der Waals surface area contributed by atoms with Crippen LogP contribution in [0.1, 0.15) is 11.1 Å². The van der Waals surface area contributed by atoms with Crippen molar-refractivity contribution in [1.29, 1.82) is 0 Å². The Morgan fingerprint density at radius 2 is 1.71 bits per heavy atom. The van der Waals surface area contributed by atoms with Crippen LogP contribution in [-0.2, 0) is 6.42 Å². The van der Waals surface area contributed by atoms with E-state index in [1.165, 1.54) is 36.9 Å². The third kappa shape index (κ3) is 6.42. The number of aliphatic hydroxyl groups excluding tert-OH is 1. The van der Waals surface area contributed by atoms with E-state index in [2.05, 4.69) is 11.2 Å². The molecule has 4 rings (SSSR count). The van der Waals surface area contributed by atoms with Crippen LogP contribution in [-0.4, -0.2) is 53.1 Å². The zero-order valence-corrected chi connectivity index (χ0v) is 23.2. The summed E-state index contributed by atoms with van der Waals surface area (Å²) in [6, 6.07) is 5.78. The molecule has 3 heterocycles. The maximum absolute atomic E-state index is 10.6. The maximum Gasteiger partial charge on any atom is 0.127 e. The van der Waals surface area contributed by atoms with Crippen LogP contribution < -0.4 is 0 Å². The van der Waals surface area contributed by atoms with Gasteiger partial charge in [0.15, 0.2) is 0 Å². The predicted molar refractivity (Wildman–Crippen MR) is 154 cm³/mol. The number of hydrogen-bond donors (Lipinski definition) is 2. The number of rotatable bonds is 8. The van der Waals surface area contributed by atoms with E-state index in [0.29, 0.717) is 17.9 Å². The molecule has 0 aromatic heterocycles. The van der Waals surface area contributed by atoms with E-state index in [1.807, 2.05) is 112 Å². The molecule has 0 saturated heterocycles. The Morgan fingerprint density at radius 3 is 2.42 bits per heavy atom. The van der Waals surface area contributed by atoms with Crippen molar-refractivity contribution in [2.45, 2.75) is 6.42 Å². The Labute approximate surface area is 217 Å². The van der Waals surface area contributed by atoms with Gasteiger partial charge in [0.05, 0.1) is 38.6 Å². The zero-order chi connectivity index (χ0) is 21.6. The summed E-state index contributed by atoms with van der Waals surface area (Å²) in [5, 5.41) is 19.4. The Balaban J connectivity index is 1.36. The van der Waals surface area contributed by atoms with Crippen molar-refractivity contribution in [1.82, 2.24) is 0 Å². The lowest BCUT2D eigenvalue weighted by molar-refractivity contribution is 0.307. The molecule has 11 heteroatoms. The summed E-state index contributed by atoms with van der Waals surface area (Å²) in [4.78, 5) is 4.13. The van der Waals surface area contributed by atoms with Gasteiger partial charge in [-0.05, 0) is 24.3 Å². The van der Waals surface area contributed by atoms with Gasteiger partial charge in [0, 0.05) is 29.0 Å². The van der Waals surface area contributed by atoms with Gasteiger partial charge < -0.3 is 10.2 Å². The molecule has 0 amide bonds. The van der Waals surface area contributed by atoms with Crippen molar-refractivity contribution in [2.75, 3.05) is 36.7 Å². The first-order valence-electron chi connectivity index (χ1n) is 9.47. The van der Waals surface area contributed by atoms with Crippen molar-refractivity contribution in [3.8, 4) is 5.75 Å². The number of aliphatic imine (C=N–C) groups is 1. The number of aromatic hydroxyl groups is 1. The lowest BCUT2D eigenvalue weighted by atomic mass is 10.1. The number of benzene rings is 1. The molecule has 0 fully saturated rings. The topological polar surface area (TPSA) is 52.8 Å². The second kappa shape index (κ2) is 12.4. The summed E-state index contributed by atoms with van der Waals surface area (Å²) in [5.41, 5.74) is 1.65. The first kappa shape index (κ1) is 24.8.